The van der Waals surface area contributed by atoms with Gasteiger partial charge in [-0.25, -0.2) is 4.79 Å². The van der Waals surface area contributed by atoms with Gasteiger partial charge in [0.15, 0.2) is 0 Å². The van der Waals surface area contributed by atoms with Crippen molar-refractivity contribution in [3.8, 4) is 5.75 Å². The van der Waals surface area contributed by atoms with Crippen LogP contribution in [0, 0.1) is 6.92 Å². The van der Waals surface area contributed by atoms with Crippen LogP contribution in [0.5, 0.6) is 5.75 Å². The largest absolute Gasteiger partial charge is 0.507 e. The topological polar surface area (TPSA) is 50.4 Å². The Kier molecular flexibility index (Phi) is 8.88. The summed E-state index contributed by atoms with van der Waals surface area (Å²) in [5, 5.41) is 9.76. The highest BCUT2D eigenvalue weighted by atomic mass is 16.4. The van der Waals surface area contributed by atoms with E-state index in [2.05, 4.69) is 6.92 Å². The Balaban J connectivity index is 2.08. The zero-order valence-corrected chi connectivity index (χ0v) is 13.6. The van der Waals surface area contributed by atoms with E-state index in [9.17, 15) is 9.90 Å². The van der Waals surface area contributed by atoms with Crippen LogP contribution in [0.2, 0.25) is 0 Å². The third-order valence-electron chi connectivity index (χ3n) is 3.93. The highest BCUT2D eigenvalue weighted by Crippen LogP contribution is 2.17. The average molecular weight is 294 g/mol. The molecule has 120 valence electrons. The molecule has 0 aromatic carbocycles. The zero-order chi connectivity index (χ0) is 15.5. The third kappa shape index (κ3) is 7.35. The zero-order valence-electron chi connectivity index (χ0n) is 13.6. The lowest BCUT2D eigenvalue weighted by atomic mass is 10.0. The summed E-state index contributed by atoms with van der Waals surface area (Å²) in [7, 11) is 0. The van der Waals surface area contributed by atoms with Crippen molar-refractivity contribution in [1.29, 1.82) is 0 Å². The summed E-state index contributed by atoms with van der Waals surface area (Å²) >= 11 is 0. The molecule has 0 spiro atoms. The molecule has 0 aliphatic rings. The van der Waals surface area contributed by atoms with Crippen molar-refractivity contribution >= 4 is 0 Å². The molecule has 0 saturated carbocycles. The van der Waals surface area contributed by atoms with E-state index in [1.165, 1.54) is 57.4 Å². The van der Waals surface area contributed by atoms with Gasteiger partial charge in [0.25, 0.3) is 0 Å². The van der Waals surface area contributed by atoms with Gasteiger partial charge in [-0.15, -0.1) is 0 Å². The lowest BCUT2D eigenvalue weighted by Gasteiger charge is -2.04. The fraction of sp³-hybridized carbons (Fsp3) is 0.722. The molecule has 1 heterocycles. The summed E-state index contributed by atoms with van der Waals surface area (Å²) in [4.78, 5) is 11.6. The van der Waals surface area contributed by atoms with Crippen LogP contribution in [0.15, 0.2) is 15.3 Å². The number of aromatic hydroxyl groups is 1. The summed E-state index contributed by atoms with van der Waals surface area (Å²) < 4.78 is 5.02. The van der Waals surface area contributed by atoms with E-state index >= 15 is 0 Å². The maximum Gasteiger partial charge on any atom is 0.342 e. The summed E-state index contributed by atoms with van der Waals surface area (Å²) in [6.07, 6.45) is 13.2. The Hall–Kier alpha value is -1.25. The Morgan fingerprint density at radius 1 is 0.952 bits per heavy atom. The number of rotatable bonds is 11. The van der Waals surface area contributed by atoms with E-state index in [0.717, 1.165) is 12.8 Å². The van der Waals surface area contributed by atoms with Crippen molar-refractivity contribution in [2.45, 2.75) is 84.5 Å². The molecule has 1 N–H and O–H groups in total. The van der Waals surface area contributed by atoms with E-state index in [-0.39, 0.29) is 11.4 Å². The molecule has 0 aliphatic heterocycles. The second-order valence-electron chi connectivity index (χ2n) is 5.94. The van der Waals surface area contributed by atoms with Gasteiger partial charge in [-0.05, 0) is 19.8 Å². The van der Waals surface area contributed by atoms with Gasteiger partial charge in [0.2, 0.25) is 0 Å². The van der Waals surface area contributed by atoms with Crippen molar-refractivity contribution in [2.75, 3.05) is 0 Å². The number of hydrogen-bond acceptors (Lipinski definition) is 3. The van der Waals surface area contributed by atoms with Crippen molar-refractivity contribution in [3.63, 3.8) is 0 Å². The van der Waals surface area contributed by atoms with Crippen LogP contribution >= 0.6 is 0 Å². The second kappa shape index (κ2) is 10.5. The maximum atomic E-state index is 11.6. The van der Waals surface area contributed by atoms with Gasteiger partial charge in [0.1, 0.15) is 11.5 Å². The van der Waals surface area contributed by atoms with Crippen LogP contribution in [0.1, 0.15) is 82.5 Å². The van der Waals surface area contributed by atoms with Gasteiger partial charge in [0, 0.05) is 6.07 Å². The number of aryl methyl sites for hydroxylation is 1. The molecule has 0 amide bonds. The predicted octanol–water partition coefficient (Wildman–Crippen LogP) is 5.12. The minimum absolute atomic E-state index is 0.0830. The molecule has 1 aromatic rings. The van der Waals surface area contributed by atoms with Crippen LogP contribution in [0.4, 0.5) is 0 Å². The first-order valence-electron chi connectivity index (χ1n) is 8.47. The molecule has 3 heteroatoms. The molecular formula is C18H30O3. The third-order valence-corrected chi connectivity index (χ3v) is 3.93. The van der Waals surface area contributed by atoms with Gasteiger partial charge in [-0.3, -0.25) is 0 Å². The van der Waals surface area contributed by atoms with Gasteiger partial charge >= 0.3 is 5.63 Å². The van der Waals surface area contributed by atoms with Crippen molar-refractivity contribution in [2.24, 2.45) is 0 Å². The van der Waals surface area contributed by atoms with E-state index in [4.69, 9.17) is 4.42 Å². The smallest absolute Gasteiger partial charge is 0.342 e. The van der Waals surface area contributed by atoms with Crippen LogP contribution in [-0.4, -0.2) is 5.11 Å². The molecule has 0 atom stereocenters. The number of hydrogen-bond donors (Lipinski definition) is 1. The summed E-state index contributed by atoms with van der Waals surface area (Å²) in [6, 6.07) is 1.52. The fourth-order valence-corrected chi connectivity index (χ4v) is 2.64. The Bertz CT molecular complexity index is 448. The first-order chi connectivity index (χ1) is 10.1. The monoisotopic (exact) mass is 294 g/mol. The fourth-order valence-electron chi connectivity index (χ4n) is 2.64. The summed E-state index contributed by atoms with van der Waals surface area (Å²) in [5.41, 5.74) is 0.0450. The molecule has 0 bridgehead atoms. The molecule has 0 unspecified atom stereocenters. The van der Waals surface area contributed by atoms with Crippen LogP contribution < -0.4 is 5.63 Å². The van der Waals surface area contributed by atoms with Gasteiger partial charge in [-0.1, -0.05) is 64.7 Å². The summed E-state index contributed by atoms with van der Waals surface area (Å²) in [6.45, 7) is 3.91. The predicted molar refractivity (Wildman–Crippen MR) is 86.9 cm³/mol. The lowest BCUT2D eigenvalue weighted by molar-refractivity contribution is 0.420. The van der Waals surface area contributed by atoms with E-state index in [0.29, 0.717) is 17.7 Å². The van der Waals surface area contributed by atoms with E-state index < -0.39 is 0 Å². The lowest BCUT2D eigenvalue weighted by Crippen LogP contribution is -2.08. The quantitative estimate of drug-likeness (QED) is 0.576. The van der Waals surface area contributed by atoms with E-state index in [1.54, 1.807) is 6.92 Å². The minimum Gasteiger partial charge on any atom is -0.507 e. The second-order valence-corrected chi connectivity index (χ2v) is 5.94. The van der Waals surface area contributed by atoms with E-state index in [1.807, 2.05) is 0 Å². The summed E-state index contributed by atoms with van der Waals surface area (Å²) in [5.74, 6) is 0.545. The number of unbranched alkanes of at least 4 members (excludes halogenated alkanes) is 9. The Morgan fingerprint density at radius 3 is 2.00 bits per heavy atom. The molecule has 0 fully saturated rings. The Morgan fingerprint density at radius 2 is 1.48 bits per heavy atom. The highest BCUT2D eigenvalue weighted by molar-refractivity contribution is 5.29. The SMILES string of the molecule is CCCCCCCCCCCCc1c(O)cc(C)oc1=O. The molecule has 0 radical (unpaired) electrons. The molecule has 1 aromatic heterocycles. The maximum absolute atomic E-state index is 11.6. The Labute approximate surface area is 128 Å². The molecule has 0 saturated heterocycles. The van der Waals surface area contributed by atoms with Crippen molar-refractivity contribution in [1.82, 2.24) is 0 Å². The highest BCUT2D eigenvalue weighted by Gasteiger charge is 2.08. The van der Waals surface area contributed by atoms with Crippen LogP contribution in [0.25, 0.3) is 0 Å². The first kappa shape index (κ1) is 17.8. The van der Waals surface area contributed by atoms with Crippen molar-refractivity contribution < 1.29 is 9.52 Å². The van der Waals surface area contributed by atoms with Gasteiger partial charge < -0.3 is 9.52 Å². The molecule has 3 nitrogen and oxygen atoms in total. The normalized spacial score (nSPS) is 11.0. The molecule has 0 aliphatic carbocycles. The standard InChI is InChI=1S/C18H30O3/c1-3-4-5-6-7-8-9-10-11-12-13-16-17(19)14-15(2)21-18(16)20/h14,19H,3-13H2,1-2H3. The molecule has 21 heavy (non-hydrogen) atoms. The van der Waals surface area contributed by atoms with Crippen LogP contribution in [0.3, 0.4) is 0 Å². The first-order valence-corrected chi connectivity index (χ1v) is 8.47. The van der Waals surface area contributed by atoms with Crippen molar-refractivity contribution in [3.05, 3.63) is 27.8 Å². The average Bonchev–Trinajstić information content (AvgIpc) is 2.43. The van der Waals surface area contributed by atoms with Gasteiger partial charge in [0.05, 0.1) is 5.56 Å². The van der Waals surface area contributed by atoms with Gasteiger partial charge in [-0.2, -0.15) is 0 Å². The molecule has 1 rings (SSSR count). The minimum atomic E-state index is -0.386. The molecular weight excluding hydrogens is 264 g/mol. The van der Waals surface area contributed by atoms with Crippen LogP contribution in [-0.2, 0) is 6.42 Å².